The van der Waals surface area contributed by atoms with Gasteiger partial charge < -0.3 is 14.5 Å². The van der Waals surface area contributed by atoms with E-state index in [1.165, 1.54) is 18.7 Å². The third-order valence-corrected chi connectivity index (χ3v) is 5.43. The molecule has 3 aromatic carbocycles. The summed E-state index contributed by atoms with van der Waals surface area (Å²) in [6.07, 6.45) is 3.26. The SMILES string of the molecule is COc1cc(NC(=O)/C=C/c2ccc(C(C)C)cc2)ccc1-c1cc2ccccc2oc1=O. The Bertz CT molecular complexity index is 1380. The van der Waals surface area contributed by atoms with E-state index in [-0.39, 0.29) is 5.91 Å². The molecular weight excluding hydrogens is 414 g/mol. The molecule has 33 heavy (non-hydrogen) atoms. The Hall–Kier alpha value is -4.12. The lowest BCUT2D eigenvalue weighted by atomic mass is 10.0. The molecule has 1 aromatic heterocycles. The van der Waals surface area contributed by atoms with Crippen LogP contribution in [0.25, 0.3) is 28.2 Å². The molecule has 4 aromatic rings. The topological polar surface area (TPSA) is 68.5 Å². The Kier molecular flexibility index (Phi) is 6.41. The Morgan fingerprint density at radius 2 is 1.73 bits per heavy atom. The van der Waals surface area contributed by atoms with Crippen molar-refractivity contribution in [1.82, 2.24) is 0 Å². The van der Waals surface area contributed by atoms with E-state index in [1.807, 2.05) is 30.3 Å². The molecule has 0 atom stereocenters. The molecule has 0 unspecified atom stereocenters. The second kappa shape index (κ2) is 9.57. The number of rotatable bonds is 6. The van der Waals surface area contributed by atoms with Crippen LogP contribution in [0.1, 0.15) is 30.9 Å². The number of benzene rings is 3. The number of hydrogen-bond acceptors (Lipinski definition) is 4. The maximum absolute atomic E-state index is 12.5. The molecule has 166 valence electrons. The Morgan fingerprint density at radius 3 is 2.45 bits per heavy atom. The molecular formula is C28H25NO4. The highest BCUT2D eigenvalue weighted by atomic mass is 16.5. The van der Waals surface area contributed by atoms with Crippen molar-refractivity contribution in [3.8, 4) is 16.9 Å². The van der Waals surface area contributed by atoms with Gasteiger partial charge in [-0.05, 0) is 47.4 Å². The minimum Gasteiger partial charge on any atom is -0.496 e. The van der Waals surface area contributed by atoms with Crippen LogP contribution in [0, 0.1) is 0 Å². The van der Waals surface area contributed by atoms with Crippen LogP contribution in [0.3, 0.4) is 0 Å². The lowest BCUT2D eigenvalue weighted by molar-refractivity contribution is -0.111. The predicted octanol–water partition coefficient (Wildman–Crippen LogP) is 6.24. The van der Waals surface area contributed by atoms with E-state index in [4.69, 9.17) is 9.15 Å². The van der Waals surface area contributed by atoms with E-state index < -0.39 is 5.63 Å². The van der Waals surface area contributed by atoms with Gasteiger partial charge in [0.25, 0.3) is 0 Å². The van der Waals surface area contributed by atoms with Gasteiger partial charge in [-0.3, -0.25) is 4.79 Å². The molecule has 1 heterocycles. The molecule has 5 heteroatoms. The lowest BCUT2D eigenvalue weighted by Gasteiger charge is -2.11. The van der Waals surface area contributed by atoms with E-state index in [0.29, 0.717) is 34.1 Å². The molecule has 0 bridgehead atoms. The van der Waals surface area contributed by atoms with E-state index in [1.54, 1.807) is 36.4 Å². The molecule has 0 aliphatic carbocycles. The summed E-state index contributed by atoms with van der Waals surface area (Å²) in [6.45, 7) is 4.29. The first-order valence-electron chi connectivity index (χ1n) is 10.7. The van der Waals surface area contributed by atoms with Crippen molar-refractivity contribution in [3.05, 3.63) is 100 Å². The van der Waals surface area contributed by atoms with E-state index in [2.05, 4.69) is 31.3 Å². The van der Waals surface area contributed by atoms with Gasteiger partial charge in [-0.1, -0.05) is 56.3 Å². The molecule has 0 aliphatic rings. The maximum atomic E-state index is 12.5. The fourth-order valence-electron chi connectivity index (χ4n) is 3.59. The van der Waals surface area contributed by atoms with Gasteiger partial charge in [0.05, 0.1) is 12.7 Å². The number of amides is 1. The van der Waals surface area contributed by atoms with Crippen LogP contribution >= 0.6 is 0 Å². The maximum Gasteiger partial charge on any atom is 0.344 e. The summed E-state index contributed by atoms with van der Waals surface area (Å²) in [6, 6.07) is 22.4. The average Bonchev–Trinajstić information content (AvgIpc) is 2.82. The molecule has 0 spiro atoms. The van der Waals surface area contributed by atoms with Crippen LogP contribution < -0.4 is 15.7 Å². The molecule has 1 amide bonds. The number of anilines is 1. The monoisotopic (exact) mass is 439 g/mol. The average molecular weight is 440 g/mol. The first-order valence-corrected chi connectivity index (χ1v) is 10.7. The van der Waals surface area contributed by atoms with Crippen molar-refractivity contribution in [2.24, 2.45) is 0 Å². The number of ether oxygens (including phenoxy) is 1. The summed E-state index contributed by atoms with van der Waals surface area (Å²) in [7, 11) is 1.52. The van der Waals surface area contributed by atoms with Crippen molar-refractivity contribution in [3.63, 3.8) is 0 Å². The highest BCUT2D eigenvalue weighted by Crippen LogP contribution is 2.32. The number of hydrogen-bond donors (Lipinski definition) is 1. The summed E-state index contributed by atoms with van der Waals surface area (Å²) in [5.41, 5.74) is 3.83. The standard InChI is InChI=1S/C28H25NO4/c1-18(2)20-11-8-19(9-12-20)10-15-27(30)29-22-13-14-23(26(17-22)32-3)24-16-21-6-4-5-7-25(21)33-28(24)31/h4-18H,1-3H3,(H,29,30)/b15-10+. The third-order valence-electron chi connectivity index (χ3n) is 5.43. The molecule has 5 nitrogen and oxygen atoms in total. The third kappa shape index (κ3) is 5.04. The van der Waals surface area contributed by atoms with Gasteiger partial charge in [-0.25, -0.2) is 4.79 Å². The summed E-state index contributed by atoms with van der Waals surface area (Å²) >= 11 is 0. The molecule has 0 saturated carbocycles. The van der Waals surface area contributed by atoms with Crippen molar-refractivity contribution in [2.75, 3.05) is 12.4 Å². The number of para-hydroxylation sites is 1. The highest BCUT2D eigenvalue weighted by molar-refractivity contribution is 6.02. The van der Waals surface area contributed by atoms with Gasteiger partial charge >= 0.3 is 5.63 Å². The van der Waals surface area contributed by atoms with Crippen LogP contribution in [-0.4, -0.2) is 13.0 Å². The van der Waals surface area contributed by atoms with Crippen LogP contribution in [0.15, 0.2) is 88.1 Å². The number of methoxy groups -OCH3 is 1. The first-order chi connectivity index (χ1) is 15.9. The van der Waals surface area contributed by atoms with Gasteiger partial charge in [-0.2, -0.15) is 0 Å². The first kappa shape index (κ1) is 22.1. The van der Waals surface area contributed by atoms with Crippen molar-refractivity contribution < 1.29 is 13.9 Å². The molecule has 0 saturated heterocycles. The molecule has 1 N–H and O–H groups in total. The van der Waals surface area contributed by atoms with Crippen molar-refractivity contribution >= 4 is 28.6 Å². The second-order valence-corrected chi connectivity index (χ2v) is 8.04. The minimum absolute atomic E-state index is 0.261. The molecule has 4 rings (SSSR count). The fraction of sp³-hybridized carbons (Fsp3) is 0.143. The Labute approximate surface area is 192 Å². The quantitative estimate of drug-likeness (QED) is 0.285. The smallest absolute Gasteiger partial charge is 0.344 e. The van der Waals surface area contributed by atoms with Gasteiger partial charge in [0.2, 0.25) is 5.91 Å². The number of carbonyl (C=O) groups excluding carboxylic acids is 1. The summed E-state index contributed by atoms with van der Waals surface area (Å²) in [5, 5.41) is 3.65. The number of carbonyl (C=O) groups is 1. The summed E-state index contributed by atoms with van der Waals surface area (Å²) in [5.74, 6) is 0.664. The highest BCUT2D eigenvalue weighted by Gasteiger charge is 2.14. The zero-order chi connectivity index (χ0) is 23.4. The van der Waals surface area contributed by atoms with Crippen molar-refractivity contribution in [1.29, 1.82) is 0 Å². The zero-order valence-corrected chi connectivity index (χ0v) is 18.8. The lowest BCUT2D eigenvalue weighted by Crippen LogP contribution is -2.08. The predicted molar refractivity (Wildman–Crippen MR) is 133 cm³/mol. The number of fused-ring (bicyclic) bond motifs is 1. The fourth-order valence-corrected chi connectivity index (χ4v) is 3.59. The molecule has 0 radical (unpaired) electrons. The minimum atomic E-state index is -0.449. The van der Waals surface area contributed by atoms with E-state index in [9.17, 15) is 9.59 Å². The molecule has 0 fully saturated rings. The van der Waals surface area contributed by atoms with E-state index in [0.717, 1.165) is 10.9 Å². The van der Waals surface area contributed by atoms with Crippen LogP contribution in [0.4, 0.5) is 5.69 Å². The second-order valence-electron chi connectivity index (χ2n) is 8.04. The molecule has 0 aliphatic heterocycles. The van der Waals surface area contributed by atoms with E-state index >= 15 is 0 Å². The number of nitrogens with one attached hydrogen (secondary N) is 1. The van der Waals surface area contributed by atoms with Crippen LogP contribution in [0.5, 0.6) is 5.75 Å². The van der Waals surface area contributed by atoms with Gasteiger partial charge in [0.15, 0.2) is 0 Å². The largest absolute Gasteiger partial charge is 0.496 e. The van der Waals surface area contributed by atoms with Gasteiger partial charge in [-0.15, -0.1) is 0 Å². The zero-order valence-electron chi connectivity index (χ0n) is 18.8. The van der Waals surface area contributed by atoms with Crippen LogP contribution in [0.2, 0.25) is 0 Å². The summed E-state index contributed by atoms with van der Waals surface area (Å²) < 4.78 is 10.9. The Morgan fingerprint density at radius 1 is 0.970 bits per heavy atom. The van der Waals surface area contributed by atoms with Gasteiger partial charge in [0, 0.05) is 28.8 Å². The van der Waals surface area contributed by atoms with Gasteiger partial charge in [0.1, 0.15) is 11.3 Å². The summed E-state index contributed by atoms with van der Waals surface area (Å²) in [4.78, 5) is 25.0. The van der Waals surface area contributed by atoms with Crippen molar-refractivity contribution in [2.45, 2.75) is 19.8 Å². The normalized spacial score (nSPS) is 11.3. The van der Waals surface area contributed by atoms with Crippen LogP contribution in [-0.2, 0) is 4.79 Å². The Balaban J connectivity index is 1.54.